The number of aromatic nitrogens is 1. The minimum Gasteiger partial charge on any atom is -0.508 e. The van der Waals surface area contributed by atoms with Gasteiger partial charge in [-0.15, -0.1) is 11.3 Å². The molecule has 1 aromatic heterocycles. The number of halogens is 2. The van der Waals surface area contributed by atoms with E-state index in [0.29, 0.717) is 17.1 Å². The van der Waals surface area contributed by atoms with E-state index in [2.05, 4.69) is 10.3 Å². The van der Waals surface area contributed by atoms with E-state index < -0.39 is 0 Å². The number of benzene rings is 2. The molecule has 2 N–H and O–H groups in total. The molecule has 0 aliphatic rings. The lowest BCUT2D eigenvalue weighted by Crippen LogP contribution is -1.99. The highest BCUT2D eigenvalue weighted by Crippen LogP contribution is 2.31. The topological polar surface area (TPSA) is 45.1 Å². The average Bonchev–Trinajstić information content (AvgIpc) is 2.90. The van der Waals surface area contributed by atoms with Gasteiger partial charge in [-0.1, -0.05) is 11.6 Å². The third-order valence-electron chi connectivity index (χ3n) is 3.39. The van der Waals surface area contributed by atoms with Crippen molar-refractivity contribution in [2.24, 2.45) is 0 Å². The summed E-state index contributed by atoms with van der Waals surface area (Å²) in [4.78, 5) is 5.58. The summed E-state index contributed by atoms with van der Waals surface area (Å²) in [5.41, 5.74) is 2.40. The summed E-state index contributed by atoms with van der Waals surface area (Å²) < 4.78 is 13.0. The van der Waals surface area contributed by atoms with Crippen LogP contribution in [0.2, 0.25) is 5.02 Å². The van der Waals surface area contributed by atoms with Crippen molar-refractivity contribution in [3.63, 3.8) is 0 Å². The van der Waals surface area contributed by atoms with E-state index in [4.69, 9.17) is 11.6 Å². The van der Waals surface area contributed by atoms with Crippen molar-refractivity contribution < 1.29 is 9.50 Å². The Bertz CT molecular complexity index is 833. The molecule has 118 valence electrons. The first-order valence-electron chi connectivity index (χ1n) is 6.97. The zero-order valence-electron chi connectivity index (χ0n) is 12.3. The lowest BCUT2D eigenvalue weighted by molar-refractivity contribution is 0.469. The number of anilines is 1. The van der Waals surface area contributed by atoms with Gasteiger partial charge in [-0.3, -0.25) is 0 Å². The lowest BCUT2D eigenvalue weighted by atomic mass is 10.1. The maximum Gasteiger partial charge on any atom is 0.183 e. The van der Waals surface area contributed by atoms with Crippen LogP contribution < -0.4 is 5.32 Å². The van der Waals surface area contributed by atoms with Gasteiger partial charge in [0, 0.05) is 27.6 Å². The molecule has 0 aliphatic heterocycles. The van der Waals surface area contributed by atoms with E-state index in [-0.39, 0.29) is 11.6 Å². The Morgan fingerprint density at radius 3 is 2.70 bits per heavy atom. The summed E-state index contributed by atoms with van der Waals surface area (Å²) in [6.07, 6.45) is 0. The number of aromatic hydroxyl groups is 1. The number of rotatable bonds is 4. The molecule has 23 heavy (non-hydrogen) atoms. The van der Waals surface area contributed by atoms with Gasteiger partial charge in [0.2, 0.25) is 0 Å². The van der Waals surface area contributed by atoms with Gasteiger partial charge >= 0.3 is 0 Å². The highest BCUT2D eigenvalue weighted by Gasteiger charge is 2.10. The Hall–Kier alpha value is -2.11. The van der Waals surface area contributed by atoms with E-state index in [1.807, 2.05) is 6.92 Å². The van der Waals surface area contributed by atoms with E-state index in [9.17, 15) is 9.50 Å². The van der Waals surface area contributed by atoms with Crippen molar-refractivity contribution in [3.8, 4) is 17.0 Å². The quantitative estimate of drug-likeness (QED) is 0.678. The molecule has 0 atom stereocenters. The Kier molecular flexibility index (Phi) is 4.50. The van der Waals surface area contributed by atoms with Gasteiger partial charge in [-0.25, -0.2) is 9.37 Å². The van der Waals surface area contributed by atoms with Crippen LogP contribution in [0.25, 0.3) is 11.3 Å². The van der Waals surface area contributed by atoms with E-state index in [1.54, 1.807) is 30.3 Å². The molecule has 0 aliphatic carbocycles. The molecule has 0 fully saturated rings. The van der Waals surface area contributed by atoms with E-state index >= 15 is 0 Å². The molecule has 0 amide bonds. The molecule has 0 bridgehead atoms. The molecule has 0 spiro atoms. The van der Waals surface area contributed by atoms with Gasteiger partial charge in [-0.2, -0.15) is 0 Å². The van der Waals surface area contributed by atoms with Crippen LogP contribution in [0.15, 0.2) is 42.5 Å². The third kappa shape index (κ3) is 3.63. The Morgan fingerprint density at radius 1 is 1.22 bits per heavy atom. The number of hydrogen-bond acceptors (Lipinski definition) is 4. The SMILES string of the molecule is Cc1sc(NCc2cc(Cl)ccc2O)nc1-c1ccc(F)cc1. The predicted molar refractivity (Wildman–Crippen MR) is 92.7 cm³/mol. The summed E-state index contributed by atoms with van der Waals surface area (Å²) in [7, 11) is 0. The smallest absolute Gasteiger partial charge is 0.183 e. The fourth-order valence-electron chi connectivity index (χ4n) is 2.21. The molecule has 0 saturated carbocycles. The second-order valence-corrected chi connectivity index (χ2v) is 6.70. The molecule has 0 radical (unpaired) electrons. The van der Waals surface area contributed by atoms with Crippen LogP contribution in [0.3, 0.4) is 0 Å². The molecular formula is C17H14ClFN2OS. The normalized spacial score (nSPS) is 10.7. The fraction of sp³-hybridized carbons (Fsp3) is 0.118. The number of thiazole rings is 1. The molecule has 0 unspecified atom stereocenters. The molecule has 2 aromatic carbocycles. The largest absolute Gasteiger partial charge is 0.508 e. The van der Waals surface area contributed by atoms with Crippen molar-refractivity contribution in [2.45, 2.75) is 13.5 Å². The van der Waals surface area contributed by atoms with Crippen molar-refractivity contribution in [1.82, 2.24) is 4.98 Å². The second-order valence-electron chi connectivity index (χ2n) is 5.06. The number of phenolic OH excluding ortho intramolecular Hbond substituents is 1. The first-order valence-corrected chi connectivity index (χ1v) is 8.17. The molecule has 0 saturated heterocycles. The van der Waals surface area contributed by atoms with Crippen molar-refractivity contribution in [3.05, 3.63) is 63.7 Å². The number of nitrogens with one attached hydrogen (secondary N) is 1. The highest BCUT2D eigenvalue weighted by molar-refractivity contribution is 7.16. The van der Waals surface area contributed by atoms with E-state index in [1.165, 1.54) is 23.5 Å². The minimum absolute atomic E-state index is 0.189. The van der Waals surface area contributed by atoms with Gasteiger partial charge < -0.3 is 10.4 Å². The molecule has 3 aromatic rings. The molecule has 3 rings (SSSR count). The van der Waals surface area contributed by atoms with E-state index in [0.717, 1.165) is 21.3 Å². The molecule has 1 heterocycles. The van der Waals surface area contributed by atoms with Gasteiger partial charge in [0.1, 0.15) is 11.6 Å². The number of phenols is 1. The summed E-state index contributed by atoms with van der Waals surface area (Å²) >= 11 is 7.45. The fourth-order valence-corrected chi connectivity index (χ4v) is 3.24. The minimum atomic E-state index is -0.267. The van der Waals surface area contributed by atoms with Crippen LogP contribution in [0.4, 0.5) is 9.52 Å². The van der Waals surface area contributed by atoms with Crippen LogP contribution in [0.1, 0.15) is 10.4 Å². The van der Waals surface area contributed by atoms with Gasteiger partial charge in [0.15, 0.2) is 5.13 Å². The summed E-state index contributed by atoms with van der Waals surface area (Å²) in [5.74, 6) is -0.0784. The lowest BCUT2D eigenvalue weighted by Gasteiger charge is -2.06. The first-order chi connectivity index (χ1) is 11.0. The second kappa shape index (κ2) is 6.56. The maximum atomic E-state index is 13.0. The highest BCUT2D eigenvalue weighted by atomic mass is 35.5. The monoisotopic (exact) mass is 348 g/mol. The maximum absolute atomic E-state index is 13.0. The van der Waals surface area contributed by atoms with Crippen molar-refractivity contribution >= 4 is 28.1 Å². The predicted octanol–water partition coefficient (Wildman–Crippen LogP) is 5.23. The number of nitrogens with zero attached hydrogens (tertiary/aromatic N) is 1. The zero-order valence-corrected chi connectivity index (χ0v) is 13.9. The Morgan fingerprint density at radius 2 is 1.96 bits per heavy atom. The average molecular weight is 349 g/mol. The van der Waals surface area contributed by atoms with Crippen molar-refractivity contribution in [2.75, 3.05) is 5.32 Å². The molecular weight excluding hydrogens is 335 g/mol. The first kappa shape index (κ1) is 15.8. The summed E-state index contributed by atoms with van der Waals surface area (Å²) in [6.45, 7) is 2.39. The number of hydrogen-bond donors (Lipinski definition) is 2. The summed E-state index contributed by atoms with van der Waals surface area (Å²) in [6, 6.07) is 11.2. The van der Waals surface area contributed by atoms with Gasteiger partial charge in [-0.05, 0) is 49.4 Å². The van der Waals surface area contributed by atoms with Crippen LogP contribution in [0.5, 0.6) is 5.75 Å². The zero-order chi connectivity index (χ0) is 16.4. The molecule has 3 nitrogen and oxygen atoms in total. The molecule has 6 heteroatoms. The third-order valence-corrected chi connectivity index (χ3v) is 4.55. The van der Waals surface area contributed by atoms with Gasteiger partial charge in [0.05, 0.1) is 5.69 Å². The Balaban J connectivity index is 1.78. The van der Waals surface area contributed by atoms with Crippen LogP contribution >= 0.6 is 22.9 Å². The standard InChI is InChI=1S/C17H14ClFN2OS/c1-10-16(11-2-5-14(19)6-3-11)21-17(23-10)20-9-12-8-13(18)4-7-15(12)22/h2-8,22H,9H2,1H3,(H,20,21). The van der Waals surface area contributed by atoms with Crippen molar-refractivity contribution in [1.29, 1.82) is 0 Å². The van der Waals surface area contributed by atoms with Crippen LogP contribution in [-0.2, 0) is 6.54 Å². The van der Waals surface area contributed by atoms with Crippen LogP contribution in [-0.4, -0.2) is 10.1 Å². The number of aryl methyl sites for hydroxylation is 1. The van der Waals surface area contributed by atoms with Crippen LogP contribution in [0, 0.1) is 12.7 Å². The summed E-state index contributed by atoms with van der Waals surface area (Å²) in [5, 5.41) is 14.3. The van der Waals surface area contributed by atoms with Gasteiger partial charge in [0.25, 0.3) is 0 Å². The Labute approximate surface area is 142 Å².